The summed E-state index contributed by atoms with van der Waals surface area (Å²) in [6.45, 7) is 5.69. The van der Waals surface area contributed by atoms with Crippen LogP contribution in [-0.2, 0) is 21.1 Å². The van der Waals surface area contributed by atoms with Gasteiger partial charge in [-0.05, 0) is 38.5 Å². The van der Waals surface area contributed by atoms with E-state index in [0.29, 0.717) is 0 Å². The third-order valence-electron chi connectivity index (χ3n) is 4.37. The SMILES string of the molecule is Cc1n[nH]c(C)c1CC(=O)N(C)C(C)c1ccc(S(C)(=O)=O)cc1. The van der Waals surface area contributed by atoms with E-state index in [4.69, 9.17) is 0 Å². The van der Waals surface area contributed by atoms with Gasteiger partial charge < -0.3 is 4.90 Å². The lowest BCUT2D eigenvalue weighted by molar-refractivity contribution is -0.131. The van der Waals surface area contributed by atoms with Crippen LogP contribution >= 0.6 is 0 Å². The summed E-state index contributed by atoms with van der Waals surface area (Å²) in [6.07, 6.45) is 1.47. The van der Waals surface area contributed by atoms with Crippen molar-refractivity contribution in [1.29, 1.82) is 0 Å². The summed E-state index contributed by atoms with van der Waals surface area (Å²) >= 11 is 0. The third-order valence-corrected chi connectivity index (χ3v) is 5.50. The molecule has 1 N–H and O–H groups in total. The van der Waals surface area contributed by atoms with Gasteiger partial charge in [-0.25, -0.2) is 8.42 Å². The zero-order valence-corrected chi connectivity index (χ0v) is 15.4. The minimum Gasteiger partial charge on any atom is -0.339 e. The number of H-pyrrole nitrogens is 1. The van der Waals surface area contributed by atoms with Gasteiger partial charge >= 0.3 is 0 Å². The fourth-order valence-corrected chi connectivity index (χ4v) is 3.17. The van der Waals surface area contributed by atoms with E-state index in [1.165, 1.54) is 6.26 Å². The van der Waals surface area contributed by atoms with Crippen molar-refractivity contribution in [2.75, 3.05) is 13.3 Å². The summed E-state index contributed by atoms with van der Waals surface area (Å²) in [6, 6.07) is 6.49. The predicted octanol–water partition coefficient (Wildman–Crippen LogP) is 2.19. The molecule has 1 heterocycles. The van der Waals surface area contributed by atoms with E-state index in [0.717, 1.165) is 22.5 Å². The molecule has 1 aromatic carbocycles. The number of hydrogen-bond acceptors (Lipinski definition) is 4. The average Bonchev–Trinajstić information content (AvgIpc) is 2.84. The van der Waals surface area contributed by atoms with Gasteiger partial charge in [0.15, 0.2) is 9.84 Å². The number of aryl methyl sites for hydroxylation is 2. The lowest BCUT2D eigenvalue weighted by Gasteiger charge is -2.25. The Morgan fingerprint density at radius 1 is 1.25 bits per heavy atom. The van der Waals surface area contributed by atoms with Gasteiger partial charge in [-0.1, -0.05) is 12.1 Å². The zero-order chi connectivity index (χ0) is 18.1. The number of hydrogen-bond donors (Lipinski definition) is 1. The first-order valence-corrected chi connectivity index (χ1v) is 9.56. The summed E-state index contributed by atoms with van der Waals surface area (Å²) in [5.41, 5.74) is 3.55. The Balaban J connectivity index is 2.14. The molecule has 130 valence electrons. The average molecular weight is 349 g/mol. The molecule has 0 bridgehead atoms. The lowest BCUT2D eigenvalue weighted by Crippen LogP contribution is -2.31. The van der Waals surface area contributed by atoms with E-state index in [-0.39, 0.29) is 23.3 Å². The molecule has 0 spiro atoms. The van der Waals surface area contributed by atoms with Crippen LogP contribution in [0.1, 0.15) is 35.5 Å². The van der Waals surface area contributed by atoms with E-state index >= 15 is 0 Å². The van der Waals surface area contributed by atoms with E-state index in [1.807, 2.05) is 20.8 Å². The van der Waals surface area contributed by atoms with Gasteiger partial charge in [0.25, 0.3) is 0 Å². The van der Waals surface area contributed by atoms with Crippen molar-refractivity contribution in [1.82, 2.24) is 15.1 Å². The first-order chi connectivity index (χ1) is 11.1. The number of carbonyl (C=O) groups is 1. The molecule has 2 aromatic rings. The molecule has 6 nitrogen and oxygen atoms in total. The Morgan fingerprint density at radius 2 is 1.83 bits per heavy atom. The smallest absolute Gasteiger partial charge is 0.227 e. The summed E-state index contributed by atoms with van der Waals surface area (Å²) in [7, 11) is -1.46. The van der Waals surface area contributed by atoms with Crippen LogP contribution in [-0.4, -0.2) is 42.7 Å². The maximum atomic E-state index is 12.5. The van der Waals surface area contributed by atoms with Crippen LogP contribution in [0.25, 0.3) is 0 Å². The van der Waals surface area contributed by atoms with Crippen molar-refractivity contribution in [3.8, 4) is 0 Å². The van der Waals surface area contributed by atoms with Crippen LogP contribution in [0.4, 0.5) is 0 Å². The summed E-state index contributed by atoms with van der Waals surface area (Å²) < 4.78 is 23.0. The van der Waals surface area contributed by atoms with Gasteiger partial charge in [-0.15, -0.1) is 0 Å². The fourth-order valence-electron chi connectivity index (χ4n) is 2.54. The number of aromatic amines is 1. The molecule has 0 saturated heterocycles. The molecule has 1 aromatic heterocycles. The normalized spacial score (nSPS) is 12.9. The van der Waals surface area contributed by atoms with Crippen LogP contribution in [0, 0.1) is 13.8 Å². The number of benzene rings is 1. The monoisotopic (exact) mass is 349 g/mol. The molecular weight excluding hydrogens is 326 g/mol. The van der Waals surface area contributed by atoms with Crippen molar-refractivity contribution in [3.05, 3.63) is 46.8 Å². The van der Waals surface area contributed by atoms with Gasteiger partial charge in [0.2, 0.25) is 5.91 Å². The van der Waals surface area contributed by atoms with Crippen LogP contribution in [0.5, 0.6) is 0 Å². The maximum absolute atomic E-state index is 12.5. The third kappa shape index (κ3) is 3.84. The number of nitrogens with one attached hydrogen (secondary N) is 1. The van der Waals surface area contributed by atoms with Crippen molar-refractivity contribution < 1.29 is 13.2 Å². The van der Waals surface area contributed by atoms with Crippen molar-refractivity contribution in [2.24, 2.45) is 0 Å². The summed E-state index contributed by atoms with van der Waals surface area (Å²) in [5, 5.41) is 7.00. The van der Waals surface area contributed by atoms with Crippen LogP contribution in [0.2, 0.25) is 0 Å². The molecule has 24 heavy (non-hydrogen) atoms. The Hall–Kier alpha value is -2.15. The highest BCUT2D eigenvalue weighted by atomic mass is 32.2. The second-order valence-electron chi connectivity index (χ2n) is 6.11. The van der Waals surface area contributed by atoms with E-state index in [9.17, 15) is 13.2 Å². The van der Waals surface area contributed by atoms with Crippen LogP contribution in [0.15, 0.2) is 29.2 Å². The van der Waals surface area contributed by atoms with Gasteiger partial charge in [-0.2, -0.15) is 5.10 Å². The molecule has 2 rings (SSSR count). The molecule has 0 fully saturated rings. The topological polar surface area (TPSA) is 83.1 Å². The number of sulfone groups is 1. The van der Waals surface area contributed by atoms with Crippen molar-refractivity contribution >= 4 is 15.7 Å². The maximum Gasteiger partial charge on any atom is 0.227 e. The van der Waals surface area contributed by atoms with Gasteiger partial charge in [0, 0.05) is 24.6 Å². The molecular formula is C17H23N3O3S. The van der Waals surface area contributed by atoms with Crippen molar-refractivity contribution in [3.63, 3.8) is 0 Å². The number of carbonyl (C=O) groups excluding carboxylic acids is 1. The lowest BCUT2D eigenvalue weighted by atomic mass is 10.1. The van der Waals surface area contributed by atoms with E-state index < -0.39 is 9.84 Å². The van der Waals surface area contributed by atoms with Crippen LogP contribution in [0.3, 0.4) is 0 Å². The highest BCUT2D eigenvalue weighted by Crippen LogP contribution is 2.22. The van der Waals surface area contributed by atoms with E-state index in [2.05, 4.69) is 10.2 Å². The van der Waals surface area contributed by atoms with E-state index in [1.54, 1.807) is 36.2 Å². The fraction of sp³-hybridized carbons (Fsp3) is 0.412. The highest BCUT2D eigenvalue weighted by Gasteiger charge is 2.20. The predicted molar refractivity (Wildman–Crippen MR) is 92.5 cm³/mol. The van der Waals surface area contributed by atoms with Gasteiger partial charge in [0.1, 0.15) is 0 Å². The first kappa shape index (κ1) is 18.2. The Kier molecular flexibility index (Phi) is 5.13. The number of amides is 1. The largest absolute Gasteiger partial charge is 0.339 e. The summed E-state index contributed by atoms with van der Waals surface area (Å²) in [5.74, 6) is -0.0118. The second-order valence-corrected chi connectivity index (χ2v) is 8.13. The zero-order valence-electron chi connectivity index (χ0n) is 14.6. The highest BCUT2D eigenvalue weighted by molar-refractivity contribution is 7.90. The number of rotatable bonds is 5. The number of nitrogens with zero attached hydrogens (tertiary/aromatic N) is 2. The number of likely N-dealkylation sites (N-methyl/N-ethyl adjacent to an activating group) is 1. The standard InChI is InChI=1S/C17H23N3O3S/c1-11-16(12(2)19-18-11)10-17(21)20(4)13(3)14-6-8-15(9-7-14)24(5,22)23/h6-9,13H,10H2,1-5H3,(H,18,19). The molecule has 0 aliphatic rings. The first-order valence-electron chi connectivity index (χ1n) is 7.67. The molecule has 0 saturated carbocycles. The minimum absolute atomic E-state index is 0.0118. The molecule has 0 aliphatic heterocycles. The molecule has 0 radical (unpaired) electrons. The molecule has 1 amide bonds. The van der Waals surface area contributed by atoms with Gasteiger partial charge in [0.05, 0.1) is 23.1 Å². The quantitative estimate of drug-likeness (QED) is 0.897. The molecule has 1 unspecified atom stereocenters. The molecule has 0 aliphatic carbocycles. The molecule has 1 atom stereocenters. The number of aromatic nitrogens is 2. The Morgan fingerprint density at radius 3 is 2.29 bits per heavy atom. The second kappa shape index (κ2) is 6.76. The Bertz CT molecular complexity index is 819. The summed E-state index contributed by atoms with van der Waals surface area (Å²) in [4.78, 5) is 14.5. The van der Waals surface area contributed by atoms with Crippen LogP contribution < -0.4 is 0 Å². The van der Waals surface area contributed by atoms with Crippen molar-refractivity contribution in [2.45, 2.75) is 38.1 Å². The van der Waals surface area contributed by atoms with Gasteiger partial charge in [-0.3, -0.25) is 9.89 Å². The Labute approximate surface area is 142 Å². The molecule has 7 heteroatoms. The minimum atomic E-state index is -3.22.